The van der Waals surface area contributed by atoms with E-state index < -0.39 is 17.4 Å². The van der Waals surface area contributed by atoms with E-state index in [-0.39, 0.29) is 6.54 Å². The van der Waals surface area contributed by atoms with Crippen molar-refractivity contribution in [2.75, 3.05) is 11.9 Å². The number of hydrogen-bond acceptors (Lipinski definition) is 3. The smallest absolute Gasteiger partial charge is 0.187 e. The lowest BCUT2D eigenvalue weighted by Crippen LogP contribution is -2.03. The second-order valence-electron chi connectivity index (χ2n) is 4.19. The highest BCUT2D eigenvalue weighted by Crippen LogP contribution is 2.26. The number of para-hydroxylation sites is 2. The molecule has 0 atom stereocenters. The van der Waals surface area contributed by atoms with Gasteiger partial charge in [-0.15, -0.1) is 0 Å². The van der Waals surface area contributed by atoms with Gasteiger partial charge in [0.25, 0.3) is 0 Å². The number of hydrogen-bond donors (Lipinski definition) is 2. The predicted octanol–water partition coefficient (Wildman–Crippen LogP) is 3.68. The van der Waals surface area contributed by atoms with Gasteiger partial charge in [0, 0.05) is 6.54 Å². The van der Waals surface area contributed by atoms with Crippen LogP contribution >= 0.6 is 0 Å². The number of aromatic hydroxyl groups is 1. The molecule has 0 saturated carbocycles. The molecule has 0 radical (unpaired) electrons. The Bertz CT molecular complexity index is 579. The van der Waals surface area contributed by atoms with Gasteiger partial charge in [0.2, 0.25) is 0 Å². The minimum Gasteiger partial charge on any atom is -0.503 e. The van der Waals surface area contributed by atoms with Gasteiger partial charge in [0.1, 0.15) is 5.75 Å². The Labute approximate surface area is 115 Å². The van der Waals surface area contributed by atoms with Gasteiger partial charge in [0.05, 0.1) is 12.3 Å². The Morgan fingerprint density at radius 3 is 2.45 bits per heavy atom. The second-order valence-corrected chi connectivity index (χ2v) is 4.19. The minimum absolute atomic E-state index is 0.220. The quantitative estimate of drug-likeness (QED) is 0.877. The topological polar surface area (TPSA) is 41.5 Å². The number of ether oxygens (including phenoxy) is 1. The first-order chi connectivity index (χ1) is 9.61. The number of rotatable bonds is 5. The van der Waals surface area contributed by atoms with E-state index in [0.717, 1.165) is 17.8 Å². The third-order valence-corrected chi connectivity index (χ3v) is 2.75. The lowest BCUT2D eigenvalue weighted by molar-refractivity contribution is 0.341. The van der Waals surface area contributed by atoms with Crippen molar-refractivity contribution in [3.05, 3.63) is 53.6 Å². The van der Waals surface area contributed by atoms with Crippen molar-refractivity contribution in [2.24, 2.45) is 0 Å². The summed E-state index contributed by atoms with van der Waals surface area (Å²) in [4.78, 5) is 0. The third kappa shape index (κ3) is 3.17. The Morgan fingerprint density at radius 1 is 1.15 bits per heavy atom. The Balaban J connectivity index is 2.13. The van der Waals surface area contributed by atoms with Crippen molar-refractivity contribution in [2.45, 2.75) is 13.5 Å². The number of phenols is 1. The van der Waals surface area contributed by atoms with Gasteiger partial charge in [-0.05, 0) is 36.8 Å². The molecule has 0 saturated heterocycles. The summed E-state index contributed by atoms with van der Waals surface area (Å²) in [6.45, 7) is 2.63. The fraction of sp³-hybridized carbons (Fsp3) is 0.200. The van der Waals surface area contributed by atoms with Gasteiger partial charge in [-0.2, -0.15) is 0 Å². The molecule has 106 valence electrons. The summed E-state index contributed by atoms with van der Waals surface area (Å²) < 4.78 is 31.9. The van der Waals surface area contributed by atoms with Crippen LogP contribution in [0.2, 0.25) is 0 Å². The van der Waals surface area contributed by atoms with Crippen LogP contribution < -0.4 is 10.1 Å². The maximum absolute atomic E-state index is 13.2. The van der Waals surface area contributed by atoms with Gasteiger partial charge in [-0.3, -0.25) is 0 Å². The molecule has 0 aliphatic rings. The summed E-state index contributed by atoms with van der Waals surface area (Å²) in [6.07, 6.45) is 0. The molecule has 20 heavy (non-hydrogen) atoms. The van der Waals surface area contributed by atoms with E-state index in [1.807, 2.05) is 31.2 Å². The van der Waals surface area contributed by atoms with Crippen LogP contribution in [0.3, 0.4) is 0 Å². The maximum atomic E-state index is 13.2. The largest absolute Gasteiger partial charge is 0.503 e. The van der Waals surface area contributed by atoms with Crippen molar-refractivity contribution in [1.29, 1.82) is 0 Å². The highest BCUT2D eigenvalue weighted by molar-refractivity contribution is 5.56. The molecule has 5 heteroatoms. The van der Waals surface area contributed by atoms with Crippen LogP contribution in [-0.4, -0.2) is 11.7 Å². The van der Waals surface area contributed by atoms with Crippen LogP contribution in [0.15, 0.2) is 36.4 Å². The molecule has 2 aromatic carbocycles. The lowest BCUT2D eigenvalue weighted by atomic mass is 10.2. The molecule has 0 fully saturated rings. The van der Waals surface area contributed by atoms with E-state index in [2.05, 4.69) is 5.32 Å². The molecule has 0 aliphatic heterocycles. The normalized spacial score (nSPS) is 10.3. The lowest BCUT2D eigenvalue weighted by Gasteiger charge is -2.12. The molecule has 0 aliphatic carbocycles. The molecular formula is C15H15F2NO2. The van der Waals surface area contributed by atoms with Crippen molar-refractivity contribution >= 4 is 5.69 Å². The Morgan fingerprint density at radius 2 is 1.80 bits per heavy atom. The SMILES string of the molecule is CCOc1ccccc1NCc1cc(F)c(O)c(F)c1. The molecule has 2 rings (SSSR count). The van der Waals surface area contributed by atoms with Crippen molar-refractivity contribution in [3.63, 3.8) is 0 Å². The average Bonchev–Trinajstić information content (AvgIpc) is 2.44. The van der Waals surface area contributed by atoms with Crippen molar-refractivity contribution in [3.8, 4) is 11.5 Å². The molecule has 0 aromatic heterocycles. The Hall–Kier alpha value is -2.30. The minimum atomic E-state index is -0.972. The number of phenolic OH excluding ortho intramolecular Hbond substituents is 1. The van der Waals surface area contributed by atoms with Gasteiger partial charge < -0.3 is 15.2 Å². The number of halogens is 2. The van der Waals surface area contributed by atoms with E-state index in [1.54, 1.807) is 0 Å². The standard InChI is InChI=1S/C15H15F2NO2/c1-2-20-14-6-4-3-5-13(14)18-9-10-7-11(16)15(19)12(17)8-10/h3-8,18-19H,2,9H2,1H3. The first-order valence-corrected chi connectivity index (χ1v) is 6.24. The number of anilines is 1. The summed E-state index contributed by atoms with van der Waals surface area (Å²) in [5.74, 6) is -2.22. The van der Waals surface area contributed by atoms with Crippen LogP contribution in [0.5, 0.6) is 11.5 Å². The van der Waals surface area contributed by atoms with Crippen LogP contribution in [-0.2, 0) is 6.54 Å². The average molecular weight is 279 g/mol. The summed E-state index contributed by atoms with van der Waals surface area (Å²) in [5.41, 5.74) is 1.13. The number of nitrogens with one attached hydrogen (secondary N) is 1. The van der Waals surface area contributed by atoms with Gasteiger partial charge in [-0.25, -0.2) is 8.78 Å². The monoisotopic (exact) mass is 279 g/mol. The van der Waals surface area contributed by atoms with E-state index in [4.69, 9.17) is 9.84 Å². The van der Waals surface area contributed by atoms with Crippen molar-refractivity contribution < 1.29 is 18.6 Å². The molecular weight excluding hydrogens is 264 g/mol. The highest BCUT2D eigenvalue weighted by atomic mass is 19.1. The fourth-order valence-electron chi connectivity index (χ4n) is 1.81. The molecule has 0 bridgehead atoms. The predicted molar refractivity (Wildman–Crippen MR) is 73.0 cm³/mol. The third-order valence-electron chi connectivity index (χ3n) is 2.75. The maximum Gasteiger partial charge on any atom is 0.187 e. The molecule has 2 aromatic rings. The highest BCUT2D eigenvalue weighted by Gasteiger charge is 2.10. The van der Waals surface area contributed by atoms with Gasteiger partial charge in [-0.1, -0.05) is 12.1 Å². The van der Waals surface area contributed by atoms with Crippen LogP contribution in [0, 0.1) is 11.6 Å². The zero-order chi connectivity index (χ0) is 14.5. The first kappa shape index (κ1) is 14.1. The van der Waals surface area contributed by atoms with E-state index in [9.17, 15) is 8.78 Å². The van der Waals surface area contributed by atoms with Crippen LogP contribution in [0.25, 0.3) is 0 Å². The summed E-state index contributed by atoms with van der Waals surface area (Å²) in [5, 5.41) is 12.1. The van der Waals surface area contributed by atoms with Crippen molar-refractivity contribution in [1.82, 2.24) is 0 Å². The van der Waals surface area contributed by atoms with Crippen LogP contribution in [0.1, 0.15) is 12.5 Å². The van der Waals surface area contributed by atoms with Crippen LogP contribution in [0.4, 0.5) is 14.5 Å². The van der Waals surface area contributed by atoms with Gasteiger partial charge >= 0.3 is 0 Å². The molecule has 2 N–H and O–H groups in total. The van der Waals surface area contributed by atoms with E-state index in [1.165, 1.54) is 0 Å². The summed E-state index contributed by atoms with van der Waals surface area (Å²) >= 11 is 0. The zero-order valence-corrected chi connectivity index (χ0v) is 11.0. The molecule has 0 heterocycles. The Kier molecular flexibility index (Phi) is 4.40. The fourth-order valence-corrected chi connectivity index (χ4v) is 1.81. The summed E-state index contributed by atoms with van der Waals surface area (Å²) in [7, 11) is 0. The molecule has 0 amide bonds. The molecule has 0 spiro atoms. The molecule has 3 nitrogen and oxygen atoms in total. The molecule has 0 unspecified atom stereocenters. The van der Waals surface area contributed by atoms with E-state index in [0.29, 0.717) is 17.9 Å². The summed E-state index contributed by atoms with van der Waals surface area (Å²) in [6, 6.07) is 9.49. The number of benzene rings is 2. The van der Waals surface area contributed by atoms with E-state index >= 15 is 0 Å². The zero-order valence-electron chi connectivity index (χ0n) is 11.0. The van der Waals surface area contributed by atoms with Gasteiger partial charge in [0.15, 0.2) is 17.4 Å². The second kappa shape index (κ2) is 6.23. The first-order valence-electron chi connectivity index (χ1n) is 6.24.